The molecular formula is C13H18N2O4S. The predicted octanol–water partition coefficient (Wildman–Crippen LogP) is 1.62. The molecule has 0 aromatic carbocycles. The van der Waals surface area contributed by atoms with Gasteiger partial charge in [0.05, 0.1) is 12.7 Å². The minimum Gasteiger partial charge on any atom is -0.461 e. The summed E-state index contributed by atoms with van der Waals surface area (Å²) in [5, 5.41) is 4.65. The lowest BCUT2D eigenvalue weighted by molar-refractivity contribution is -0.00866. The van der Waals surface area contributed by atoms with Crippen molar-refractivity contribution in [2.45, 2.75) is 38.8 Å². The van der Waals surface area contributed by atoms with E-state index >= 15 is 0 Å². The van der Waals surface area contributed by atoms with Crippen LogP contribution in [0.3, 0.4) is 0 Å². The Hall–Kier alpha value is -1.47. The lowest BCUT2D eigenvalue weighted by Crippen LogP contribution is -2.47. The highest BCUT2D eigenvalue weighted by Crippen LogP contribution is 2.23. The van der Waals surface area contributed by atoms with Gasteiger partial charge in [-0.25, -0.2) is 9.78 Å². The minimum atomic E-state index is -0.489. The SMILES string of the molecule is CCOC(=O)c1nc(C(=O)NC2CC(OCC)C2)cs1. The number of amides is 1. The van der Waals surface area contributed by atoms with Crippen molar-refractivity contribution in [3.63, 3.8) is 0 Å². The first kappa shape index (κ1) is 14.9. The Kier molecular flexibility index (Phi) is 5.08. The molecule has 0 saturated heterocycles. The number of ether oxygens (including phenoxy) is 2. The second-order valence-corrected chi connectivity index (χ2v) is 5.34. The topological polar surface area (TPSA) is 77.5 Å². The van der Waals surface area contributed by atoms with Crippen molar-refractivity contribution in [3.8, 4) is 0 Å². The molecule has 1 N–H and O–H groups in total. The number of rotatable bonds is 6. The third-order valence-electron chi connectivity index (χ3n) is 3.02. The molecule has 6 nitrogen and oxygen atoms in total. The fraction of sp³-hybridized carbons (Fsp3) is 0.615. The van der Waals surface area contributed by atoms with Crippen molar-refractivity contribution in [2.75, 3.05) is 13.2 Å². The third-order valence-corrected chi connectivity index (χ3v) is 3.84. The van der Waals surface area contributed by atoms with E-state index in [0.29, 0.717) is 13.2 Å². The standard InChI is InChI=1S/C13H18N2O4S/c1-3-18-9-5-8(6-9)14-11(16)10-7-20-12(15-10)13(17)19-4-2/h7-9H,3-6H2,1-2H3,(H,14,16). The van der Waals surface area contributed by atoms with Crippen LogP contribution in [-0.2, 0) is 9.47 Å². The van der Waals surface area contributed by atoms with Crippen molar-refractivity contribution >= 4 is 23.2 Å². The Morgan fingerprint density at radius 2 is 2.15 bits per heavy atom. The number of carbonyl (C=O) groups excluding carboxylic acids is 2. The van der Waals surface area contributed by atoms with Gasteiger partial charge in [-0.15, -0.1) is 11.3 Å². The molecule has 1 fully saturated rings. The zero-order valence-corrected chi connectivity index (χ0v) is 12.4. The molecule has 110 valence electrons. The van der Waals surface area contributed by atoms with E-state index in [2.05, 4.69) is 10.3 Å². The Morgan fingerprint density at radius 3 is 2.80 bits per heavy atom. The summed E-state index contributed by atoms with van der Waals surface area (Å²) in [6, 6.07) is 0.131. The summed E-state index contributed by atoms with van der Waals surface area (Å²) < 4.78 is 10.3. The fourth-order valence-corrected chi connectivity index (χ4v) is 2.67. The molecule has 1 aromatic rings. The lowest BCUT2D eigenvalue weighted by atomic mass is 9.89. The monoisotopic (exact) mass is 298 g/mol. The molecule has 1 aliphatic rings. The molecule has 0 aliphatic heterocycles. The molecule has 1 aromatic heterocycles. The van der Waals surface area contributed by atoms with Crippen LogP contribution in [0.4, 0.5) is 0 Å². The maximum absolute atomic E-state index is 11.9. The van der Waals surface area contributed by atoms with Crippen LogP contribution < -0.4 is 5.32 Å². The number of nitrogens with one attached hydrogen (secondary N) is 1. The van der Waals surface area contributed by atoms with Gasteiger partial charge in [0.2, 0.25) is 5.01 Å². The van der Waals surface area contributed by atoms with Crippen LogP contribution in [0.15, 0.2) is 5.38 Å². The van der Waals surface area contributed by atoms with Crippen LogP contribution >= 0.6 is 11.3 Å². The highest BCUT2D eigenvalue weighted by Gasteiger charge is 2.31. The molecule has 7 heteroatoms. The van der Waals surface area contributed by atoms with E-state index in [9.17, 15) is 9.59 Å². The van der Waals surface area contributed by atoms with Crippen LogP contribution in [-0.4, -0.2) is 42.2 Å². The number of esters is 1. The zero-order chi connectivity index (χ0) is 14.5. The molecule has 0 spiro atoms. The molecule has 2 rings (SSSR count). The molecule has 0 unspecified atom stereocenters. The number of aromatic nitrogens is 1. The van der Waals surface area contributed by atoms with E-state index < -0.39 is 5.97 Å². The second kappa shape index (κ2) is 6.81. The molecular weight excluding hydrogens is 280 g/mol. The van der Waals surface area contributed by atoms with Gasteiger partial charge in [-0.05, 0) is 26.7 Å². The molecule has 20 heavy (non-hydrogen) atoms. The predicted molar refractivity (Wildman–Crippen MR) is 74.0 cm³/mol. The smallest absolute Gasteiger partial charge is 0.367 e. The molecule has 1 aliphatic carbocycles. The summed E-state index contributed by atoms with van der Waals surface area (Å²) in [5.41, 5.74) is 0.262. The molecule has 0 atom stereocenters. The van der Waals surface area contributed by atoms with Crippen LogP contribution in [0.5, 0.6) is 0 Å². The van der Waals surface area contributed by atoms with E-state index in [1.54, 1.807) is 12.3 Å². The van der Waals surface area contributed by atoms with Crippen LogP contribution in [0, 0.1) is 0 Å². The Morgan fingerprint density at radius 1 is 1.40 bits per heavy atom. The summed E-state index contributed by atoms with van der Waals surface area (Å²) >= 11 is 1.12. The minimum absolute atomic E-state index is 0.131. The van der Waals surface area contributed by atoms with Gasteiger partial charge < -0.3 is 14.8 Å². The van der Waals surface area contributed by atoms with Crippen LogP contribution in [0.2, 0.25) is 0 Å². The van der Waals surface area contributed by atoms with E-state index in [1.165, 1.54) is 0 Å². The maximum atomic E-state index is 11.9. The highest BCUT2D eigenvalue weighted by atomic mass is 32.1. The third kappa shape index (κ3) is 3.55. The molecule has 1 saturated carbocycles. The van der Waals surface area contributed by atoms with E-state index in [-0.39, 0.29) is 28.8 Å². The van der Waals surface area contributed by atoms with E-state index in [0.717, 1.165) is 24.2 Å². The van der Waals surface area contributed by atoms with Gasteiger partial charge in [0.1, 0.15) is 5.69 Å². The van der Waals surface area contributed by atoms with E-state index in [1.807, 2.05) is 6.92 Å². The summed E-state index contributed by atoms with van der Waals surface area (Å²) in [5.74, 6) is -0.742. The molecule has 1 amide bonds. The van der Waals surface area contributed by atoms with Crippen molar-refractivity contribution < 1.29 is 19.1 Å². The first-order chi connectivity index (χ1) is 9.63. The summed E-state index contributed by atoms with van der Waals surface area (Å²) in [7, 11) is 0. The molecule has 0 radical (unpaired) electrons. The Balaban J connectivity index is 1.83. The van der Waals surface area contributed by atoms with Crippen molar-refractivity contribution in [1.82, 2.24) is 10.3 Å². The normalized spacial score (nSPS) is 21.1. The Labute approximate surface area is 121 Å². The van der Waals surface area contributed by atoms with Gasteiger partial charge >= 0.3 is 5.97 Å². The summed E-state index contributed by atoms with van der Waals surface area (Å²) in [4.78, 5) is 27.4. The first-order valence-corrected chi connectivity index (χ1v) is 7.57. The van der Waals surface area contributed by atoms with Crippen molar-refractivity contribution in [2.24, 2.45) is 0 Å². The van der Waals surface area contributed by atoms with Crippen molar-refractivity contribution in [3.05, 3.63) is 16.1 Å². The number of hydrogen-bond donors (Lipinski definition) is 1. The summed E-state index contributed by atoms with van der Waals surface area (Å²) in [6.07, 6.45) is 1.90. The molecule has 0 bridgehead atoms. The van der Waals surface area contributed by atoms with Gasteiger partial charge in [0.15, 0.2) is 0 Å². The molecule has 1 heterocycles. The highest BCUT2D eigenvalue weighted by molar-refractivity contribution is 7.11. The lowest BCUT2D eigenvalue weighted by Gasteiger charge is -2.35. The quantitative estimate of drug-likeness (QED) is 0.807. The van der Waals surface area contributed by atoms with Crippen molar-refractivity contribution in [1.29, 1.82) is 0 Å². The van der Waals surface area contributed by atoms with Gasteiger partial charge in [-0.3, -0.25) is 4.79 Å². The van der Waals surface area contributed by atoms with Gasteiger partial charge in [0.25, 0.3) is 5.91 Å². The number of thiazole rings is 1. The van der Waals surface area contributed by atoms with Crippen LogP contribution in [0.25, 0.3) is 0 Å². The number of nitrogens with zero attached hydrogens (tertiary/aromatic N) is 1. The number of carbonyl (C=O) groups is 2. The maximum Gasteiger partial charge on any atom is 0.367 e. The Bertz CT molecular complexity index is 482. The fourth-order valence-electron chi connectivity index (χ4n) is 1.98. The van der Waals surface area contributed by atoms with Gasteiger partial charge in [-0.2, -0.15) is 0 Å². The second-order valence-electron chi connectivity index (χ2n) is 4.48. The van der Waals surface area contributed by atoms with E-state index in [4.69, 9.17) is 9.47 Å². The van der Waals surface area contributed by atoms with Gasteiger partial charge in [0, 0.05) is 18.0 Å². The largest absolute Gasteiger partial charge is 0.461 e. The zero-order valence-electron chi connectivity index (χ0n) is 11.5. The average molecular weight is 298 g/mol. The average Bonchev–Trinajstić information content (AvgIpc) is 2.86. The summed E-state index contributed by atoms with van der Waals surface area (Å²) in [6.45, 7) is 4.67. The van der Waals surface area contributed by atoms with Gasteiger partial charge in [-0.1, -0.05) is 0 Å². The van der Waals surface area contributed by atoms with Crippen LogP contribution in [0.1, 0.15) is 47.0 Å². The number of hydrogen-bond acceptors (Lipinski definition) is 6. The first-order valence-electron chi connectivity index (χ1n) is 6.69.